The van der Waals surface area contributed by atoms with E-state index in [1.165, 1.54) is 5.56 Å². The number of rotatable bonds is 8. The summed E-state index contributed by atoms with van der Waals surface area (Å²) >= 11 is 0. The van der Waals surface area contributed by atoms with Crippen LogP contribution in [-0.2, 0) is 29.0 Å². The van der Waals surface area contributed by atoms with Gasteiger partial charge in [-0.05, 0) is 59.6 Å². The lowest BCUT2D eigenvalue weighted by atomic mass is 9.83. The summed E-state index contributed by atoms with van der Waals surface area (Å²) in [6.07, 6.45) is 1.54. The smallest absolute Gasteiger partial charge is 0.328 e. The first-order chi connectivity index (χ1) is 18.0. The van der Waals surface area contributed by atoms with Crippen LogP contribution >= 0.6 is 0 Å². The molecule has 0 saturated carbocycles. The van der Waals surface area contributed by atoms with Gasteiger partial charge in [0.1, 0.15) is 12.1 Å². The second-order valence-corrected chi connectivity index (χ2v) is 10.8. The molecule has 0 radical (unpaired) electrons. The van der Waals surface area contributed by atoms with Crippen molar-refractivity contribution in [3.05, 3.63) is 46.5 Å². The van der Waals surface area contributed by atoms with E-state index in [4.69, 9.17) is 30.4 Å². The Morgan fingerprint density at radius 1 is 0.868 bits per heavy atom. The number of carbonyl (C=O) groups is 2. The van der Waals surface area contributed by atoms with Crippen LogP contribution in [-0.4, -0.2) is 49.7 Å². The first-order valence-electron chi connectivity index (χ1n) is 13.1. The molecule has 0 amide bonds. The van der Waals surface area contributed by atoms with Crippen LogP contribution in [0.25, 0.3) is 0 Å². The van der Waals surface area contributed by atoms with Crippen molar-refractivity contribution in [2.24, 2.45) is 23.3 Å². The Hall–Kier alpha value is -3.14. The van der Waals surface area contributed by atoms with E-state index in [-0.39, 0.29) is 17.9 Å². The van der Waals surface area contributed by atoms with Crippen molar-refractivity contribution in [3.63, 3.8) is 0 Å². The van der Waals surface area contributed by atoms with Crippen molar-refractivity contribution in [1.82, 2.24) is 4.90 Å². The average molecular weight is 526 g/mol. The zero-order valence-electron chi connectivity index (χ0n) is 23.1. The standard InChI is InChI=1S/C29H39N3O6/c1-15(2)25(30)28(33)37-22-8-7-17-11-21-19-13-24(38-29(34)26(31)16(3)4)23(35-5)12-18(19)9-10-32(21)14-20(17)27(22)36-6/h7-8,12-13,15-16,21,25-26H,9-11,14,30-31H2,1-6H3. The van der Waals surface area contributed by atoms with Crippen LogP contribution in [0.2, 0.25) is 0 Å². The van der Waals surface area contributed by atoms with Gasteiger partial charge < -0.3 is 30.4 Å². The summed E-state index contributed by atoms with van der Waals surface area (Å²) in [6, 6.07) is 6.29. The Kier molecular flexibility index (Phi) is 8.30. The number of fused-ring (bicyclic) bond motifs is 4. The molecule has 0 aliphatic carbocycles. The molecule has 2 aromatic carbocycles. The van der Waals surface area contributed by atoms with Crippen molar-refractivity contribution in [2.45, 2.75) is 65.2 Å². The minimum Gasteiger partial charge on any atom is -0.493 e. The number of benzene rings is 2. The number of nitrogens with zero attached hydrogens (tertiary/aromatic N) is 1. The van der Waals surface area contributed by atoms with E-state index in [0.29, 0.717) is 29.5 Å². The van der Waals surface area contributed by atoms with Crippen molar-refractivity contribution in [2.75, 3.05) is 20.8 Å². The van der Waals surface area contributed by atoms with E-state index in [0.717, 1.165) is 36.1 Å². The van der Waals surface area contributed by atoms with E-state index in [1.54, 1.807) is 20.3 Å². The molecule has 38 heavy (non-hydrogen) atoms. The fraction of sp³-hybridized carbons (Fsp3) is 0.517. The summed E-state index contributed by atoms with van der Waals surface area (Å²) in [6.45, 7) is 8.99. The summed E-state index contributed by atoms with van der Waals surface area (Å²) in [4.78, 5) is 27.5. The fourth-order valence-corrected chi connectivity index (χ4v) is 5.05. The number of esters is 2. The molecule has 4 N–H and O–H groups in total. The van der Waals surface area contributed by atoms with E-state index in [1.807, 2.05) is 45.9 Å². The Morgan fingerprint density at radius 2 is 1.50 bits per heavy atom. The largest absolute Gasteiger partial charge is 0.493 e. The van der Waals surface area contributed by atoms with Gasteiger partial charge in [0.05, 0.1) is 14.2 Å². The lowest BCUT2D eigenvalue weighted by molar-refractivity contribution is -0.137. The van der Waals surface area contributed by atoms with Crippen molar-refractivity contribution in [3.8, 4) is 23.0 Å². The molecule has 2 aliphatic heterocycles. The molecule has 0 fully saturated rings. The van der Waals surface area contributed by atoms with E-state index >= 15 is 0 Å². The SMILES string of the molecule is COc1cc2c(cc1OC(=O)C(N)C(C)C)C1Cc3ccc(OC(=O)C(N)C(C)C)c(OC)c3CN1CC2. The Bertz CT molecular complexity index is 1210. The van der Waals surface area contributed by atoms with Crippen molar-refractivity contribution < 1.29 is 28.5 Å². The summed E-state index contributed by atoms with van der Waals surface area (Å²) < 4.78 is 22.7. The quantitative estimate of drug-likeness (QED) is 0.395. The van der Waals surface area contributed by atoms with Gasteiger partial charge >= 0.3 is 11.9 Å². The molecule has 0 spiro atoms. The van der Waals surface area contributed by atoms with Gasteiger partial charge in [-0.3, -0.25) is 4.90 Å². The number of carbonyl (C=O) groups excluding carboxylic acids is 2. The average Bonchev–Trinajstić information content (AvgIpc) is 2.90. The zero-order chi connectivity index (χ0) is 27.7. The van der Waals surface area contributed by atoms with Gasteiger partial charge in [0.2, 0.25) is 0 Å². The third kappa shape index (κ3) is 5.36. The minimum atomic E-state index is -0.723. The third-order valence-corrected chi connectivity index (χ3v) is 7.60. The van der Waals surface area contributed by atoms with E-state index < -0.39 is 24.0 Å². The van der Waals surface area contributed by atoms with Gasteiger partial charge in [-0.2, -0.15) is 0 Å². The van der Waals surface area contributed by atoms with Gasteiger partial charge in [0.15, 0.2) is 23.0 Å². The first-order valence-corrected chi connectivity index (χ1v) is 13.1. The molecule has 9 heteroatoms. The lowest BCUT2D eigenvalue weighted by Crippen LogP contribution is -2.40. The number of hydrogen-bond donors (Lipinski definition) is 2. The molecule has 0 aromatic heterocycles. The molecule has 206 valence electrons. The number of ether oxygens (including phenoxy) is 4. The molecule has 2 aliphatic rings. The molecule has 2 aromatic rings. The molecule has 4 rings (SSSR count). The number of hydrogen-bond acceptors (Lipinski definition) is 9. The van der Waals surface area contributed by atoms with Gasteiger partial charge in [-0.15, -0.1) is 0 Å². The molecule has 3 unspecified atom stereocenters. The van der Waals surface area contributed by atoms with Crippen LogP contribution < -0.4 is 30.4 Å². The third-order valence-electron chi connectivity index (χ3n) is 7.60. The second-order valence-electron chi connectivity index (χ2n) is 10.8. The molecular formula is C29H39N3O6. The Morgan fingerprint density at radius 3 is 2.08 bits per heavy atom. The van der Waals surface area contributed by atoms with Crippen LogP contribution in [0.3, 0.4) is 0 Å². The van der Waals surface area contributed by atoms with Crippen LogP contribution in [0.15, 0.2) is 24.3 Å². The zero-order valence-corrected chi connectivity index (χ0v) is 23.1. The normalized spacial score (nSPS) is 18.2. The summed E-state index contributed by atoms with van der Waals surface area (Å²) in [5.41, 5.74) is 16.4. The summed E-state index contributed by atoms with van der Waals surface area (Å²) in [5, 5.41) is 0. The molecule has 2 heterocycles. The summed E-state index contributed by atoms with van der Waals surface area (Å²) in [7, 11) is 3.15. The second kappa shape index (κ2) is 11.3. The highest BCUT2D eigenvalue weighted by atomic mass is 16.6. The monoisotopic (exact) mass is 525 g/mol. The van der Waals surface area contributed by atoms with Gasteiger partial charge in [-0.1, -0.05) is 33.8 Å². The predicted molar refractivity (Wildman–Crippen MR) is 143 cm³/mol. The first kappa shape index (κ1) is 27.9. The Labute approximate surface area is 224 Å². The maximum atomic E-state index is 12.6. The molecule has 3 atom stereocenters. The number of methoxy groups -OCH3 is 2. The van der Waals surface area contributed by atoms with Gasteiger partial charge in [0.25, 0.3) is 0 Å². The van der Waals surface area contributed by atoms with Crippen LogP contribution in [0.5, 0.6) is 23.0 Å². The molecular weight excluding hydrogens is 486 g/mol. The maximum Gasteiger partial charge on any atom is 0.328 e. The molecule has 9 nitrogen and oxygen atoms in total. The highest BCUT2D eigenvalue weighted by Gasteiger charge is 2.36. The molecule has 0 saturated heterocycles. The van der Waals surface area contributed by atoms with Gasteiger partial charge in [-0.25, -0.2) is 9.59 Å². The molecule has 0 bridgehead atoms. The minimum absolute atomic E-state index is 0.0378. The topological polar surface area (TPSA) is 126 Å². The van der Waals surface area contributed by atoms with Crippen molar-refractivity contribution >= 4 is 11.9 Å². The Balaban J connectivity index is 1.65. The van der Waals surface area contributed by atoms with Crippen molar-refractivity contribution in [1.29, 1.82) is 0 Å². The summed E-state index contributed by atoms with van der Waals surface area (Å²) in [5.74, 6) is 0.787. The van der Waals surface area contributed by atoms with Crippen LogP contribution in [0.1, 0.15) is 56.0 Å². The van der Waals surface area contributed by atoms with Gasteiger partial charge in [0, 0.05) is 24.7 Å². The predicted octanol–water partition coefficient (Wildman–Crippen LogP) is 3.14. The number of nitrogens with two attached hydrogens (primary N) is 2. The highest BCUT2D eigenvalue weighted by Crippen LogP contribution is 2.46. The van der Waals surface area contributed by atoms with E-state index in [9.17, 15) is 9.59 Å². The van der Waals surface area contributed by atoms with Crippen LogP contribution in [0, 0.1) is 11.8 Å². The van der Waals surface area contributed by atoms with Crippen LogP contribution in [0.4, 0.5) is 0 Å². The maximum absolute atomic E-state index is 12.6. The highest BCUT2D eigenvalue weighted by molar-refractivity contribution is 5.80. The fourth-order valence-electron chi connectivity index (χ4n) is 5.05. The van der Waals surface area contributed by atoms with E-state index in [2.05, 4.69) is 4.90 Å². The lowest BCUT2D eigenvalue weighted by Gasteiger charge is -2.42.